The second kappa shape index (κ2) is 6.34. The molecule has 6 heteroatoms. The molecule has 0 radical (unpaired) electrons. The zero-order valence-electron chi connectivity index (χ0n) is 19.1. The molecular weight excluding hydrogens is 408 g/mol. The molecular formula is C26H32O6. The third kappa shape index (κ3) is 2.32. The van der Waals surface area contributed by atoms with E-state index in [1.54, 1.807) is 0 Å². The van der Waals surface area contributed by atoms with Crippen molar-refractivity contribution in [2.24, 2.45) is 28.6 Å². The van der Waals surface area contributed by atoms with E-state index >= 15 is 0 Å². The fourth-order valence-corrected chi connectivity index (χ4v) is 8.82. The van der Waals surface area contributed by atoms with E-state index in [4.69, 9.17) is 14.2 Å². The molecule has 0 aromatic carbocycles. The smallest absolute Gasteiger partial charge is 0.330 e. The molecule has 5 fully saturated rings. The minimum Gasteiger partial charge on any atom is -0.466 e. The number of epoxide rings is 1. The lowest BCUT2D eigenvalue weighted by Crippen LogP contribution is -2.62. The first-order valence-corrected chi connectivity index (χ1v) is 12.1. The quantitative estimate of drug-likeness (QED) is 0.370. The Morgan fingerprint density at radius 1 is 1.19 bits per heavy atom. The highest BCUT2D eigenvalue weighted by Crippen LogP contribution is 2.78. The zero-order valence-corrected chi connectivity index (χ0v) is 19.1. The molecule has 3 saturated carbocycles. The maximum atomic E-state index is 12.3. The summed E-state index contributed by atoms with van der Waals surface area (Å²) in [4.78, 5) is 36.5. The first-order valence-electron chi connectivity index (χ1n) is 12.1. The average molecular weight is 441 g/mol. The van der Waals surface area contributed by atoms with Gasteiger partial charge >= 0.3 is 11.9 Å². The van der Waals surface area contributed by atoms with E-state index in [0.717, 1.165) is 38.5 Å². The van der Waals surface area contributed by atoms with E-state index in [-0.39, 0.29) is 57.7 Å². The monoisotopic (exact) mass is 440 g/mol. The molecule has 172 valence electrons. The van der Waals surface area contributed by atoms with Crippen molar-refractivity contribution in [3.05, 3.63) is 23.8 Å². The summed E-state index contributed by atoms with van der Waals surface area (Å²) in [5.41, 5.74) is 0.198. The maximum absolute atomic E-state index is 12.3. The standard InChI is InChI=1S/C26H32O6/c1-23-9-6-17(27)13-16(23)12-15(4-5-20(28)30-3)22-18-7-10-25(11-8-21(29)32-25)24(18,2)14-19-26(22,23)31-19/h4-5,13,15,18-19,22H,6-12,14H2,1-3H3/b5-4+/t15-,18?,19+,22?,23+,24+,25-,26-/m1/s1. The van der Waals surface area contributed by atoms with Gasteiger partial charge < -0.3 is 14.2 Å². The molecule has 2 heterocycles. The summed E-state index contributed by atoms with van der Waals surface area (Å²) in [6.45, 7) is 4.61. The summed E-state index contributed by atoms with van der Waals surface area (Å²) in [5, 5.41) is 0. The number of rotatable bonds is 2. The molecule has 0 amide bonds. The Balaban J connectivity index is 1.46. The number of esters is 2. The number of ketones is 1. The summed E-state index contributed by atoms with van der Waals surface area (Å²) in [6.07, 6.45) is 11.7. The second-order valence-corrected chi connectivity index (χ2v) is 11.4. The molecule has 6 nitrogen and oxygen atoms in total. The van der Waals surface area contributed by atoms with Crippen molar-refractivity contribution in [2.75, 3.05) is 7.11 Å². The van der Waals surface area contributed by atoms with Crippen LogP contribution in [0.15, 0.2) is 23.8 Å². The van der Waals surface area contributed by atoms with Crippen LogP contribution in [-0.4, -0.2) is 42.1 Å². The van der Waals surface area contributed by atoms with Crippen molar-refractivity contribution in [3.8, 4) is 0 Å². The van der Waals surface area contributed by atoms with Crippen LogP contribution in [0.5, 0.6) is 0 Å². The first-order chi connectivity index (χ1) is 15.2. The number of allylic oxidation sites excluding steroid dienone is 1. The first kappa shape index (κ1) is 20.6. The van der Waals surface area contributed by atoms with E-state index in [1.165, 1.54) is 18.8 Å². The van der Waals surface area contributed by atoms with Gasteiger partial charge in [0.2, 0.25) is 0 Å². The molecule has 0 aromatic heterocycles. The van der Waals surface area contributed by atoms with Gasteiger partial charge in [-0.1, -0.05) is 25.5 Å². The second-order valence-electron chi connectivity index (χ2n) is 11.4. The Morgan fingerprint density at radius 2 is 2.00 bits per heavy atom. The average Bonchev–Trinajstić information content (AvgIpc) is 3.24. The Morgan fingerprint density at radius 3 is 2.72 bits per heavy atom. The van der Waals surface area contributed by atoms with E-state index in [0.29, 0.717) is 18.8 Å². The minimum atomic E-state index is -0.386. The van der Waals surface area contributed by atoms with E-state index in [1.807, 2.05) is 12.2 Å². The number of fused-ring (bicyclic) bond motifs is 4. The van der Waals surface area contributed by atoms with Crippen LogP contribution in [0.2, 0.25) is 0 Å². The number of hydrogen-bond acceptors (Lipinski definition) is 6. The van der Waals surface area contributed by atoms with E-state index in [2.05, 4.69) is 13.8 Å². The highest BCUT2D eigenvalue weighted by Gasteiger charge is 2.82. The van der Waals surface area contributed by atoms with Crippen molar-refractivity contribution < 1.29 is 28.6 Å². The van der Waals surface area contributed by atoms with Gasteiger partial charge in [-0.15, -0.1) is 0 Å². The molecule has 2 saturated heterocycles. The van der Waals surface area contributed by atoms with Gasteiger partial charge in [0, 0.05) is 35.7 Å². The van der Waals surface area contributed by atoms with Crippen LogP contribution in [0.25, 0.3) is 0 Å². The predicted octanol–water partition coefficient (Wildman–Crippen LogP) is 3.68. The molecule has 8 atom stereocenters. The molecule has 2 aliphatic heterocycles. The van der Waals surface area contributed by atoms with Gasteiger partial charge in [-0.2, -0.15) is 0 Å². The van der Waals surface area contributed by atoms with Crippen LogP contribution in [0, 0.1) is 28.6 Å². The normalized spacial score (nSPS) is 50.9. The molecule has 6 rings (SSSR count). The highest BCUT2D eigenvalue weighted by molar-refractivity contribution is 5.92. The van der Waals surface area contributed by atoms with Crippen LogP contribution in [-0.2, 0) is 28.6 Å². The van der Waals surface area contributed by atoms with Crippen LogP contribution < -0.4 is 0 Å². The summed E-state index contributed by atoms with van der Waals surface area (Å²) in [5.74, 6) is 0.408. The number of ether oxygens (including phenoxy) is 3. The van der Waals surface area contributed by atoms with Gasteiger partial charge in [0.1, 0.15) is 11.2 Å². The zero-order chi connectivity index (χ0) is 22.5. The summed E-state index contributed by atoms with van der Waals surface area (Å²) < 4.78 is 17.7. The minimum absolute atomic E-state index is 0.0748. The van der Waals surface area contributed by atoms with Gasteiger partial charge in [0.05, 0.1) is 13.2 Å². The number of methoxy groups -OCH3 is 1. The van der Waals surface area contributed by atoms with Gasteiger partial charge in [0.25, 0.3) is 0 Å². The molecule has 6 aliphatic rings. The summed E-state index contributed by atoms with van der Waals surface area (Å²) in [7, 11) is 1.39. The number of hydrogen-bond donors (Lipinski definition) is 0. The molecule has 32 heavy (non-hydrogen) atoms. The van der Waals surface area contributed by atoms with Crippen LogP contribution in [0.3, 0.4) is 0 Å². The van der Waals surface area contributed by atoms with E-state index in [9.17, 15) is 14.4 Å². The van der Waals surface area contributed by atoms with Crippen LogP contribution in [0.4, 0.5) is 0 Å². The SMILES string of the molecule is COC(=O)/C=C/[C@@H]1CC2=CC(=O)CC[C@]2(C)[C@@]23O[C@H]2C[C@@]2(C)C(CC[C@@]24CCC(=O)O4)C13. The lowest BCUT2D eigenvalue weighted by molar-refractivity contribution is -0.165. The molecule has 4 aliphatic carbocycles. The topological polar surface area (TPSA) is 82.2 Å². The van der Waals surface area contributed by atoms with Gasteiger partial charge in [-0.3, -0.25) is 9.59 Å². The number of carbonyl (C=O) groups excluding carboxylic acids is 3. The summed E-state index contributed by atoms with van der Waals surface area (Å²) >= 11 is 0. The lowest BCUT2D eigenvalue weighted by Gasteiger charge is -2.58. The molecule has 0 N–H and O–H groups in total. The Labute approximate surface area is 188 Å². The Kier molecular flexibility index (Phi) is 4.09. The van der Waals surface area contributed by atoms with Crippen molar-refractivity contribution in [3.63, 3.8) is 0 Å². The third-order valence-electron chi connectivity index (χ3n) is 10.4. The lowest BCUT2D eigenvalue weighted by atomic mass is 9.43. The third-order valence-corrected chi connectivity index (χ3v) is 10.4. The van der Waals surface area contributed by atoms with E-state index < -0.39 is 0 Å². The van der Waals surface area contributed by atoms with Crippen molar-refractivity contribution in [2.45, 2.75) is 82.5 Å². The van der Waals surface area contributed by atoms with Crippen molar-refractivity contribution >= 4 is 17.7 Å². The van der Waals surface area contributed by atoms with Gasteiger partial charge in [-0.25, -0.2) is 4.79 Å². The largest absolute Gasteiger partial charge is 0.466 e. The Bertz CT molecular complexity index is 981. The van der Waals surface area contributed by atoms with Gasteiger partial charge in [-0.05, 0) is 56.4 Å². The number of carbonyl (C=O) groups is 3. The molecule has 0 aromatic rings. The maximum Gasteiger partial charge on any atom is 0.330 e. The highest BCUT2D eigenvalue weighted by atomic mass is 16.6. The van der Waals surface area contributed by atoms with Crippen LogP contribution >= 0.6 is 0 Å². The van der Waals surface area contributed by atoms with Crippen LogP contribution in [0.1, 0.15) is 65.2 Å². The predicted molar refractivity (Wildman–Crippen MR) is 114 cm³/mol. The van der Waals surface area contributed by atoms with Gasteiger partial charge in [0.15, 0.2) is 5.78 Å². The fraction of sp³-hybridized carbons (Fsp3) is 0.731. The van der Waals surface area contributed by atoms with Crippen molar-refractivity contribution in [1.29, 1.82) is 0 Å². The van der Waals surface area contributed by atoms with Crippen molar-refractivity contribution in [1.82, 2.24) is 0 Å². The summed E-state index contributed by atoms with van der Waals surface area (Å²) in [6, 6.07) is 0. The Hall–Kier alpha value is -1.95. The molecule has 2 spiro atoms. The molecule has 0 bridgehead atoms. The fourth-order valence-electron chi connectivity index (χ4n) is 8.82. The molecule has 2 unspecified atom stereocenters.